The van der Waals surface area contributed by atoms with E-state index in [4.69, 9.17) is 9.72 Å². The van der Waals surface area contributed by atoms with Crippen LogP contribution in [-0.2, 0) is 0 Å². The Morgan fingerprint density at radius 3 is 2.36 bits per heavy atom. The summed E-state index contributed by atoms with van der Waals surface area (Å²) in [6.07, 6.45) is 0.828. The number of carbonyl (C=O) groups is 1. The number of aromatic nitrogens is 2. The van der Waals surface area contributed by atoms with Crippen LogP contribution in [0, 0.1) is 12.8 Å². The second-order valence-corrected chi connectivity index (χ2v) is 9.47. The van der Waals surface area contributed by atoms with Crippen molar-refractivity contribution in [3.8, 4) is 11.4 Å². The molecule has 0 N–H and O–H groups in total. The van der Waals surface area contributed by atoms with Crippen molar-refractivity contribution in [2.24, 2.45) is 5.92 Å². The summed E-state index contributed by atoms with van der Waals surface area (Å²) in [5, 5.41) is 0.512. The minimum Gasteiger partial charge on any atom is -0.495 e. The molecule has 6 heteroatoms. The van der Waals surface area contributed by atoms with Gasteiger partial charge in [0.15, 0.2) is 0 Å². The van der Waals surface area contributed by atoms with E-state index in [0.29, 0.717) is 46.2 Å². The number of fused-ring (bicyclic) bond motifs is 1. The number of hydrogen-bond donors (Lipinski definition) is 0. The highest BCUT2D eigenvalue weighted by molar-refractivity contribution is 5.96. The number of carbonyl (C=O) groups excluding carboxylic acids is 1. The summed E-state index contributed by atoms with van der Waals surface area (Å²) >= 11 is 0. The molecule has 0 saturated carbocycles. The maximum absolute atomic E-state index is 13.9. The first-order valence-electron chi connectivity index (χ1n) is 12.3. The molecule has 0 aliphatic rings. The van der Waals surface area contributed by atoms with Crippen LogP contribution in [0.5, 0.6) is 5.75 Å². The molecule has 0 spiro atoms. The molecule has 0 fully saturated rings. The van der Waals surface area contributed by atoms with E-state index >= 15 is 0 Å². The maximum Gasteiger partial charge on any atom is 0.266 e. The molecule has 1 unspecified atom stereocenters. The van der Waals surface area contributed by atoms with Gasteiger partial charge in [0.25, 0.3) is 11.5 Å². The van der Waals surface area contributed by atoms with Crippen LogP contribution >= 0.6 is 0 Å². The predicted molar refractivity (Wildman–Crippen MR) is 144 cm³/mol. The number of rotatable bonds is 8. The van der Waals surface area contributed by atoms with Gasteiger partial charge in [-0.25, -0.2) is 4.98 Å². The molecule has 1 heterocycles. The molecular weight excluding hydrogens is 450 g/mol. The lowest BCUT2D eigenvalue weighted by atomic mass is 10.0. The van der Waals surface area contributed by atoms with Crippen molar-refractivity contribution in [1.82, 2.24) is 14.5 Å². The van der Waals surface area contributed by atoms with E-state index in [9.17, 15) is 9.59 Å². The highest BCUT2D eigenvalue weighted by atomic mass is 16.5. The third-order valence-corrected chi connectivity index (χ3v) is 6.55. The first kappa shape index (κ1) is 25.2. The van der Waals surface area contributed by atoms with Gasteiger partial charge in [-0.2, -0.15) is 0 Å². The van der Waals surface area contributed by atoms with Crippen LogP contribution in [0.4, 0.5) is 0 Å². The minimum absolute atomic E-state index is 0.0739. The molecule has 186 valence electrons. The molecule has 4 rings (SSSR count). The van der Waals surface area contributed by atoms with Crippen LogP contribution in [-0.4, -0.2) is 34.0 Å². The van der Waals surface area contributed by atoms with E-state index in [1.54, 1.807) is 17.7 Å². The Morgan fingerprint density at radius 1 is 0.972 bits per heavy atom. The monoisotopic (exact) mass is 483 g/mol. The second-order valence-electron chi connectivity index (χ2n) is 9.47. The zero-order chi connectivity index (χ0) is 25.8. The van der Waals surface area contributed by atoms with Gasteiger partial charge < -0.3 is 9.64 Å². The Labute approximate surface area is 212 Å². The van der Waals surface area contributed by atoms with Gasteiger partial charge in [0.1, 0.15) is 11.6 Å². The van der Waals surface area contributed by atoms with Gasteiger partial charge in [-0.15, -0.1) is 0 Å². The summed E-state index contributed by atoms with van der Waals surface area (Å²) in [5.41, 5.74) is 2.57. The zero-order valence-corrected chi connectivity index (χ0v) is 21.6. The van der Waals surface area contributed by atoms with E-state index in [1.807, 2.05) is 85.5 Å². The summed E-state index contributed by atoms with van der Waals surface area (Å²) in [4.78, 5) is 34.6. The Kier molecular flexibility index (Phi) is 7.53. The standard InChI is InChI=1S/C30H33N3O3/c1-20(2)18-19-32(29(34)23-13-7-6-12-21(23)3)22(4)28-31-25-15-9-8-14-24(25)30(35)33(28)26-16-10-11-17-27(26)36-5/h6-17,20,22H,18-19H2,1-5H3. The quantitative estimate of drug-likeness (QED) is 0.311. The Hall–Kier alpha value is -3.93. The van der Waals surface area contributed by atoms with Gasteiger partial charge in [-0.3, -0.25) is 14.2 Å². The Balaban J connectivity index is 1.94. The van der Waals surface area contributed by atoms with Gasteiger partial charge in [-0.1, -0.05) is 56.3 Å². The van der Waals surface area contributed by atoms with E-state index in [-0.39, 0.29) is 11.5 Å². The van der Waals surface area contributed by atoms with Crippen molar-refractivity contribution in [3.63, 3.8) is 0 Å². The first-order chi connectivity index (χ1) is 17.3. The average Bonchev–Trinajstić information content (AvgIpc) is 2.88. The molecule has 0 saturated heterocycles. The summed E-state index contributed by atoms with van der Waals surface area (Å²) in [6, 6.07) is 21.8. The normalized spacial score (nSPS) is 12.1. The highest BCUT2D eigenvalue weighted by Gasteiger charge is 2.29. The molecule has 0 radical (unpaired) electrons. The van der Waals surface area contributed by atoms with Gasteiger partial charge in [0.05, 0.1) is 29.7 Å². The van der Waals surface area contributed by atoms with Crippen LogP contribution in [0.1, 0.15) is 55.0 Å². The van der Waals surface area contributed by atoms with Crippen LogP contribution < -0.4 is 10.3 Å². The van der Waals surface area contributed by atoms with Gasteiger partial charge in [0, 0.05) is 12.1 Å². The molecule has 3 aromatic carbocycles. The lowest BCUT2D eigenvalue weighted by molar-refractivity contribution is 0.0670. The number of benzene rings is 3. The van der Waals surface area contributed by atoms with Crippen molar-refractivity contribution in [3.05, 3.63) is 100 Å². The summed E-state index contributed by atoms with van der Waals surface area (Å²) in [6.45, 7) is 8.71. The van der Waals surface area contributed by atoms with Crippen LogP contribution in [0.3, 0.4) is 0 Å². The third-order valence-electron chi connectivity index (χ3n) is 6.55. The number of hydrogen-bond acceptors (Lipinski definition) is 4. The van der Waals surface area contributed by atoms with E-state index < -0.39 is 6.04 Å². The maximum atomic E-state index is 13.9. The fourth-order valence-corrected chi connectivity index (χ4v) is 4.45. The van der Waals surface area contributed by atoms with Crippen molar-refractivity contribution < 1.29 is 9.53 Å². The molecule has 0 aliphatic carbocycles. The predicted octanol–water partition coefficient (Wildman–Crippen LogP) is 5.95. The SMILES string of the molecule is COc1ccccc1-n1c(C(C)N(CCC(C)C)C(=O)c2ccccc2C)nc2ccccc2c1=O. The van der Waals surface area contributed by atoms with Crippen molar-refractivity contribution in [1.29, 1.82) is 0 Å². The summed E-state index contributed by atoms with van der Waals surface area (Å²) in [7, 11) is 1.58. The zero-order valence-electron chi connectivity index (χ0n) is 21.6. The lowest BCUT2D eigenvalue weighted by Crippen LogP contribution is -2.38. The molecule has 0 bridgehead atoms. The number of nitrogens with zero attached hydrogens (tertiary/aromatic N) is 3. The van der Waals surface area contributed by atoms with Gasteiger partial charge in [0.2, 0.25) is 0 Å². The minimum atomic E-state index is -0.474. The molecule has 4 aromatic rings. The summed E-state index contributed by atoms with van der Waals surface area (Å²) in [5.74, 6) is 1.39. The summed E-state index contributed by atoms with van der Waals surface area (Å²) < 4.78 is 7.20. The van der Waals surface area contributed by atoms with Crippen molar-refractivity contribution in [2.45, 2.75) is 40.2 Å². The average molecular weight is 484 g/mol. The Bertz CT molecular complexity index is 1440. The van der Waals surface area contributed by atoms with Crippen LogP contribution in [0.25, 0.3) is 16.6 Å². The molecule has 36 heavy (non-hydrogen) atoms. The largest absolute Gasteiger partial charge is 0.495 e. The van der Waals surface area contributed by atoms with E-state index in [0.717, 1.165) is 12.0 Å². The van der Waals surface area contributed by atoms with Crippen molar-refractivity contribution >= 4 is 16.8 Å². The molecule has 1 aromatic heterocycles. The molecular formula is C30H33N3O3. The molecule has 6 nitrogen and oxygen atoms in total. The topological polar surface area (TPSA) is 64.4 Å². The Morgan fingerprint density at radius 2 is 1.64 bits per heavy atom. The molecule has 1 amide bonds. The smallest absolute Gasteiger partial charge is 0.266 e. The number of ether oxygens (including phenoxy) is 1. The fourth-order valence-electron chi connectivity index (χ4n) is 4.45. The first-order valence-corrected chi connectivity index (χ1v) is 12.3. The third kappa shape index (κ3) is 4.89. The number of methoxy groups -OCH3 is 1. The van der Waals surface area contributed by atoms with E-state index in [1.165, 1.54) is 0 Å². The number of amides is 1. The fraction of sp³-hybridized carbons (Fsp3) is 0.300. The molecule has 0 aliphatic heterocycles. The molecule has 1 atom stereocenters. The van der Waals surface area contributed by atoms with Crippen molar-refractivity contribution in [2.75, 3.05) is 13.7 Å². The second kappa shape index (κ2) is 10.8. The number of aryl methyl sites for hydroxylation is 1. The van der Waals surface area contributed by atoms with Crippen LogP contribution in [0.15, 0.2) is 77.6 Å². The number of para-hydroxylation sites is 3. The van der Waals surface area contributed by atoms with E-state index in [2.05, 4.69) is 13.8 Å². The van der Waals surface area contributed by atoms with Gasteiger partial charge in [-0.05, 0) is 62.1 Å². The van der Waals surface area contributed by atoms with Crippen LogP contribution in [0.2, 0.25) is 0 Å². The highest BCUT2D eigenvalue weighted by Crippen LogP contribution is 2.29. The lowest BCUT2D eigenvalue weighted by Gasteiger charge is -2.32. The van der Waals surface area contributed by atoms with Gasteiger partial charge >= 0.3 is 0 Å².